The Kier molecular flexibility index (Phi) is 5.36. The summed E-state index contributed by atoms with van der Waals surface area (Å²) in [6, 6.07) is 3.59. The SMILES string of the molecule is CCOC(=O)C(O)c1ccc(C)c(OC)c1C(C)C. The van der Waals surface area contributed by atoms with Crippen molar-refractivity contribution < 1.29 is 19.4 Å². The van der Waals surface area contributed by atoms with E-state index in [0.717, 1.165) is 16.9 Å². The van der Waals surface area contributed by atoms with E-state index >= 15 is 0 Å². The Hall–Kier alpha value is -1.55. The van der Waals surface area contributed by atoms with Crippen molar-refractivity contribution >= 4 is 5.97 Å². The van der Waals surface area contributed by atoms with E-state index in [1.54, 1.807) is 20.1 Å². The number of esters is 1. The van der Waals surface area contributed by atoms with Crippen LogP contribution in [0.4, 0.5) is 0 Å². The molecule has 0 saturated carbocycles. The predicted octanol–water partition coefficient (Wildman–Crippen LogP) is 2.72. The second-order valence-corrected chi connectivity index (χ2v) is 4.73. The molecule has 0 aromatic heterocycles. The molecule has 1 N–H and O–H groups in total. The zero-order chi connectivity index (χ0) is 14.6. The fraction of sp³-hybridized carbons (Fsp3) is 0.533. The van der Waals surface area contributed by atoms with Crippen LogP contribution in [0.25, 0.3) is 0 Å². The third-order valence-corrected chi connectivity index (χ3v) is 3.01. The molecule has 4 heteroatoms. The molecule has 0 fully saturated rings. The molecular formula is C15H22O4. The van der Waals surface area contributed by atoms with Crippen molar-refractivity contribution in [3.8, 4) is 5.75 Å². The monoisotopic (exact) mass is 266 g/mol. The molecule has 0 amide bonds. The van der Waals surface area contributed by atoms with Gasteiger partial charge in [0.15, 0.2) is 6.10 Å². The Morgan fingerprint density at radius 2 is 2.00 bits per heavy atom. The van der Waals surface area contributed by atoms with E-state index in [0.29, 0.717) is 5.56 Å². The lowest BCUT2D eigenvalue weighted by Crippen LogP contribution is -2.18. The van der Waals surface area contributed by atoms with Gasteiger partial charge in [-0.15, -0.1) is 0 Å². The van der Waals surface area contributed by atoms with Gasteiger partial charge in [-0.2, -0.15) is 0 Å². The molecule has 0 heterocycles. The largest absolute Gasteiger partial charge is 0.496 e. The van der Waals surface area contributed by atoms with Crippen LogP contribution in [0, 0.1) is 6.92 Å². The van der Waals surface area contributed by atoms with Gasteiger partial charge in [0, 0.05) is 5.56 Å². The van der Waals surface area contributed by atoms with E-state index < -0.39 is 12.1 Å². The van der Waals surface area contributed by atoms with Crippen LogP contribution >= 0.6 is 0 Å². The van der Waals surface area contributed by atoms with Gasteiger partial charge in [-0.3, -0.25) is 0 Å². The molecule has 0 radical (unpaired) electrons. The minimum Gasteiger partial charge on any atom is -0.496 e. The molecule has 1 aromatic rings. The average molecular weight is 266 g/mol. The summed E-state index contributed by atoms with van der Waals surface area (Å²) >= 11 is 0. The van der Waals surface area contributed by atoms with Crippen LogP contribution in [0.3, 0.4) is 0 Å². The van der Waals surface area contributed by atoms with Gasteiger partial charge in [0.05, 0.1) is 13.7 Å². The molecule has 1 unspecified atom stereocenters. The number of carbonyl (C=O) groups excluding carboxylic acids is 1. The minimum atomic E-state index is -1.27. The Morgan fingerprint density at radius 3 is 2.47 bits per heavy atom. The maximum atomic E-state index is 11.7. The van der Waals surface area contributed by atoms with Crippen LogP contribution in [0.1, 0.15) is 49.5 Å². The third-order valence-electron chi connectivity index (χ3n) is 3.01. The second kappa shape index (κ2) is 6.57. The van der Waals surface area contributed by atoms with Crippen LogP contribution < -0.4 is 4.74 Å². The normalized spacial score (nSPS) is 12.4. The first-order valence-corrected chi connectivity index (χ1v) is 6.46. The number of carbonyl (C=O) groups is 1. The van der Waals surface area contributed by atoms with Gasteiger partial charge in [0.1, 0.15) is 5.75 Å². The zero-order valence-corrected chi connectivity index (χ0v) is 12.2. The molecule has 1 rings (SSSR count). The third kappa shape index (κ3) is 3.26. The number of rotatable bonds is 5. The molecule has 0 aliphatic heterocycles. The number of aryl methyl sites for hydroxylation is 1. The average Bonchev–Trinajstić information content (AvgIpc) is 2.37. The summed E-state index contributed by atoms with van der Waals surface area (Å²) in [7, 11) is 1.59. The minimum absolute atomic E-state index is 0.133. The molecule has 19 heavy (non-hydrogen) atoms. The van der Waals surface area contributed by atoms with E-state index in [1.807, 2.05) is 26.8 Å². The lowest BCUT2D eigenvalue weighted by molar-refractivity contribution is -0.153. The van der Waals surface area contributed by atoms with E-state index in [4.69, 9.17) is 9.47 Å². The number of aliphatic hydroxyl groups is 1. The standard InChI is InChI=1S/C15H22O4/c1-6-19-15(17)13(16)11-8-7-10(4)14(18-5)12(11)9(2)3/h7-9,13,16H,6H2,1-5H3. The highest BCUT2D eigenvalue weighted by Gasteiger charge is 2.25. The molecular weight excluding hydrogens is 244 g/mol. The van der Waals surface area contributed by atoms with Gasteiger partial charge in [0.2, 0.25) is 0 Å². The fourth-order valence-corrected chi connectivity index (χ4v) is 2.18. The van der Waals surface area contributed by atoms with Gasteiger partial charge < -0.3 is 14.6 Å². The Balaban J connectivity index is 3.31. The highest BCUT2D eigenvalue weighted by molar-refractivity contribution is 5.77. The van der Waals surface area contributed by atoms with E-state index in [1.165, 1.54) is 0 Å². The first-order chi connectivity index (χ1) is 8.93. The summed E-state index contributed by atoms with van der Waals surface area (Å²) in [6.45, 7) is 7.89. The van der Waals surface area contributed by atoms with Gasteiger partial charge in [-0.05, 0) is 30.9 Å². The van der Waals surface area contributed by atoms with Crippen LogP contribution in [0.2, 0.25) is 0 Å². The first kappa shape index (κ1) is 15.5. The van der Waals surface area contributed by atoms with Crippen molar-refractivity contribution in [2.75, 3.05) is 13.7 Å². The van der Waals surface area contributed by atoms with Crippen LogP contribution in [0.15, 0.2) is 12.1 Å². The maximum absolute atomic E-state index is 11.7. The predicted molar refractivity (Wildman–Crippen MR) is 73.4 cm³/mol. The topological polar surface area (TPSA) is 55.8 Å². The molecule has 0 aliphatic carbocycles. The first-order valence-electron chi connectivity index (χ1n) is 6.46. The summed E-state index contributed by atoms with van der Waals surface area (Å²) < 4.78 is 10.3. The van der Waals surface area contributed by atoms with Crippen LogP contribution in [-0.4, -0.2) is 24.8 Å². The van der Waals surface area contributed by atoms with Crippen molar-refractivity contribution in [2.24, 2.45) is 0 Å². The number of hydrogen-bond donors (Lipinski definition) is 1. The number of hydrogen-bond acceptors (Lipinski definition) is 4. The summed E-state index contributed by atoms with van der Waals surface area (Å²) in [5.41, 5.74) is 2.38. The van der Waals surface area contributed by atoms with Crippen molar-refractivity contribution in [3.63, 3.8) is 0 Å². The zero-order valence-electron chi connectivity index (χ0n) is 12.2. The van der Waals surface area contributed by atoms with Gasteiger partial charge in [-0.1, -0.05) is 26.0 Å². The summed E-state index contributed by atoms with van der Waals surface area (Å²) in [5, 5.41) is 10.1. The van der Waals surface area contributed by atoms with Crippen molar-refractivity contribution in [3.05, 3.63) is 28.8 Å². The Bertz CT molecular complexity index is 452. The number of ether oxygens (including phenoxy) is 2. The molecule has 106 valence electrons. The van der Waals surface area contributed by atoms with Crippen molar-refractivity contribution in [2.45, 2.75) is 39.7 Å². The highest BCUT2D eigenvalue weighted by Crippen LogP contribution is 2.36. The van der Waals surface area contributed by atoms with E-state index in [-0.39, 0.29) is 12.5 Å². The van der Waals surface area contributed by atoms with Crippen LogP contribution in [-0.2, 0) is 9.53 Å². The second-order valence-electron chi connectivity index (χ2n) is 4.73. The number of aliphatic hydroxyl groups excluding tert-OH is 1. The van der Waals surface area contributed by atoms with Crippen LogP contribution in [0.5, 0.6) is 5.75 Å². The summed E-state index contributed by atoms with van der Waals surface area (Å²) in [6.07, 6.45) is -1.27. The smallest absolute Gasteiger partial charge is 0.339 e. The Labute approximate surface area is 114 Å². The molecule has 4 nitrogen and oxygen atoms in total. The fourth-order valence-electron chi connectivity index (χ4n) is 2.18. The van der Waals surface area contributed by atoms with E-state index in [9.17, 15) is 9.90 Å². The van der Waals surface area contributed by atoms with Gasteiger partial charge >= 0.3 is 5.97 Å². The Morgan fingerprint density at radius 1 is 1.37 bits per heavy atom. The van der Waals surface area contributed by atoms with E-state index in [2.05, 4.69) is 0 Å². The number of benzene rings is 1. The van der Waals surface area contributed by atoms with Gasteiger partial charge in [-0.25, -0.2) is 4.79 Å². The van der Waals surface area contributed by atoms with Crippen molar-refractivity contribution in [1.82, 2.24) is 0 Å². The molecule has 1 atom stereocenters. The quantitative estimate of drug-likeness (QED) is 0.833. The summed E-state index contributed by atoms with van der Waals surface area (Å²) in [5.74, 6) is 0.222. The molecule has 0 spiro atoms. The van der Waals surface area contributed by atoms with Gasteiger partial charge in [0.25, 0.3) is 0 Å². The molecule has 0 bridgehead atoms. The highest BCUT2D eigenvalue weighted by atomic mass is 16.5. The number of methoxy groups -OCH3 is 1. The lowest BCUT2D eigenvalue weighted by Gasteiger charge is -2.21. The molecule has 1 aromatic carbocycles. The molecule has 0 aliphatic rings. The summed E-state index contributed by atoms with van der Waals surface area (Å²) in [4.78, 5) is 11.7. The molecule has 0 saturated heterocycles. The maximum Gasteiger partial charge on any atom is 0.339 e. The lowest BCUT2D eigenvalue weighted by atomic mass is 9.91. The van der Waals surface area contributed by atoms with Crippen molar-refractivity contribution in [1.29, 1.82) is 0 Å².